The van der Waals surface area contributed by atoms with Crippen molar-refractivity contribution in [1.82, 2.24) is 4.90 Å². The van der Waals surface area contributed by atoms with E-state index in [0.717, 1.165) is 18.4 Å². The van der Waals surface area contributed by atoms with Gasteiger partial charge in [-0.15, -0.1) is 0 Å². The number of nitrogens with one attached hydrogen (secondary N) is 1. The van der Waals surface area contributed by atoms with Gasteiger partial charge in [0.25, 0.3) is 0 Å². The highest BCUT2D eigenvalue weighted by molar-refractivity contribution is 6.31. The Balaban J connectivity index is 1.89. The normalized spacial score (nSPS) is 15.6. The molecule has 0 bridgehead atoms. The molecular weight excluding hydrogens is 324 g/mol. The molecule has 1 saturated carbocycles. The second-order valence-electron chi connectivity index (χ2n) is 6.62. The summed E-state index contributed by atoms with van der Waals surface area (Å²) < 4.78 is 0. The van der Waals surface area contributed by atoms with Gasteiger partial charge in [0.15, 0.2) is 0 Å². The Labute approximate surface area is 149 Å². The first kappa shape index (κ1) is 18.8. The van der Waals surface area contributed by atoms with Gasteiger partial charge in [0.1, 0.15) is 0 Å². The first-order valence-corrected chi connectivity index (χ1v) is 9.18. The molecule has 24 heavy (non-hydrogen) atoms. The Morgan fingerprint density at radius 2 is 1.88 bits per heavy atom. The maximum absolute atomic E-state index is 12.2. The molecule has 1 N–H and O–H groups in total. The van der Waals surface area contributed by atoms with Gasteiger partial charge in [0.2, 0.25) is 11.8 Å². The van der Waals surface area contributed by atoms with Crippen LogP contribution in [0.5, 0.6) is 0 Å². The minimum Gasteiger partial charge on any atom is -0.339 e. The van der Waals surface area contributed by atoms with Crippen LogP contribution in [0.4, 0.5) is 5.69 Å². The van der Waals surface area contributed by atoms with Crippen molar-refractivity contribution in [3.63, 3.8) is 0 Å². The van der Waals surface area contributed by atoms with E-state index >= 15 is 0 Å². The molecule has 1 aromatic rings. The zero-order valence-corrected chi connectivity index (χ0v) is 15.4. The van der Waals surface area contributed by atoms with E-state index in [1.165, 1.54) is 25.7 Å². The number of halogens is 1. The van der Waals surface area contributed by atoms with Crippen LogP contribution in [0.2, 0.25) is 5.02 Å². The molecule has 0 radical (unpaired) electrons. The van der Waals surface area contributed by atoms with E-state index in [0.29, 0.717) is 23.7 Å². The SMILES string of the molecule is CC(=O)N(CCC(=O)Nc1ccc(C)c(Cl)c1)C1CCCCCC1. The molecule has 1 aliphatic rings. The lowest BCUT2D eigenvalue weighted by Gasteiger charge is -2.30. The second kappa shape index (κ2) is 9.07. The Bertz CT molecular complexity index is 581. The Kier molecular flexibility index (Phi) is 7.10. The molecule has 0 atom stereocenters. The number of hydrogen-bond donors (Lipinski definition) is 1. The van der Waals surface area contributed by atoms with E-state index in [-0.39, 0.29) is 17.9 Å². The topological polar surface area (TPSA) is 49.4 Å². The van der Waals surface area contributed by atoms with Crippen LogP contribution < -0.4 is 5.32 Å². The molecule has 5 heteroatoms. The summed E-state index contributed by atoms with van der Waals surface area (Å²) in [6.45, 7) is 4.00. The van der Waals surface area contributed by atoms with Gasteiger partial charge in [-0.3, -0.25) is 9.59 Å². The maximum Gasteiger partial charge on any atom is 0.226 e. The number of hydrogen-bond acceptors (Lipinski definition) is 2. The van der Waals surface area contributed by atoms with Crippen molar-refractivity contribution in [2.45, 2.75) is 64.8 Å². The van der Waals surface area contributed by atoms with Gasteiger partial charge in [-0.05, 0) is 37.5 Å². The first-order chi connectivity index (χ1) is 11.5. The maximum atomic E-state index is 12.2. The average Bonchev–Trinajstić information content (AvgIpc) is 2.80. The van der Waals surface area contributed by atoms with Crippen LogP contribution in [0.25, 0.3) is 0 Å². The number of amides is 2. The largest absolute Gasteiger partial charge is 0.339 e. The van der Waals surface area contributed by atoms with Crippen molar-refractivity contribution in [2.24, 2.45) is 0 Å². The summed E-state index contributed by atoms with van der Waals surface area (Å²) in [5.74, 6) is -0.0251. The Morgan fingerprint density at radius 3 is 2.46 bits per heavy atom. The zero-order valence-electron chi connectivity index (χ0n) is 14.6. The number of carbonyl (C=O) groups is 2. The Morgan fingerprint density at radius 1 is 1.21 bits per heavy atom. The molecule has 0 heterocycles. The fraction of sp³-hybridized carbons (Fsp3) is 0.579. The quantitative estimate of drug-likeness (QED) is 0.792. The van der Waals surface area contributed by atoms with Crippen LogP contribution in [0.15, 0.2) is 18.2 Å². The smallest absolute Gasteiger partial charge is 0.226 e. The monoisotopic (exact) mass is 350 g/mol. The third-order valence-electron chi connectivity index (χ3n) is 4.71. The lowest BCUT2D eigenvalue weighted by Crippen LogP contribution is -2.40. The third-order valence-corrected chi connectivity index (χ3v) is 5.11. The lowest BCUT2D eigenvalue weighted by atomic mass is 10.1. The van der Waals surface area contributed by atoms with Crippen molar-refractivity contribution >= 4 is 29.1 Å². The number of aryl methyl sites for hydroxylation is 1. The minimum absolute atomic E-state index is 0.0630. The molecule has 0 spiro atoms. The van der Waals surface area contributed by atoms with Crippen molar-refractivity contribution in [2.75, 3.05) is 11.9 Å². The summed E-state index contributed by atoms with van der Waals surface area (Å²) in [6.07, 6.45) is 7.24. The van der Waals surface area contributed by atoms with Gasteiger partial charge in [-0.1, -0.05) is 43.4 Å². The molecule has 2 rings (SSSR count). The molecule has 0 aliphatic heterocycles. The third kappa shape index (κ3) is 5.52. The molecule has 1 aliphatic carbocycles. The highest BCUT2D eigenvalue weighted by Crippen LogP contribution is 2.23. The lowest BCUT2D eigenvalue weighted by molar-refractivity contribution is -0.131. The summed E-state index contributed by atoms with van der Waals surface area (Å²) in [5, 5.41) is 3.49. The van der Waals surface area contributed by atoms with Crippen LogP contribution in [-0.4, -0.2) is 29.3 Å². The molecule has 132 valence electrons. The predicted octanol–water partition coefficient (Wildman–Crippen LogP) is 4.55. The standard InChI is InChI=1S/C19H27ClN2O2/c1-14-9-10-16(13-18(14)20)21-19(24)11-12-22(15(2)23)17-7-5-3-4-6-8-17/h9-10,13,17H,3-8,11-12H2,1-2H3,(H,21,24). The summed E-state index contributed by atoms with van der Waals surface area (Å²) in [6, 6.07) is 5.76. The van der Waals surface area contributed by atoms with Crippen molar-refractivity contribution in [3.05, 3.63) is 28.8 Å². The van der Waals surface area contributed by atoms with Gasteiger partial charge >= 0.3 is 0 Å². The van der Waals surface area contributed by atoms with Crippen molar-refractivity contribution < 1.29 is 9.59 Å². The van der Waals surface area contributed by atoms with Crippen LogP contribution in [-0.2, 0) is 9.59 Å². The Hall–Kier alpha value is -1.55. The van der Waals surface area contributed by atoms with Crippen LogP contribution in [0.1, 0.15) is 57.4 Å². The fourth-order valence-electron chi connectivity index (χ4n) is 3.28. The van der Waals surface area contributed by atoms with Crippen molar-refractivity contribution in [3.8, 4) is 0 Å². The summed E-state index contributed by atoms with van der Waals surface area (Å²) in [5.41, 5.74) is 1.67. The van der Waals surface area contributed by atoms with Crippen LogP contribution in [0.3, 0.4) is 0 Å². The summed E-state index contributed by atoms with van der Waals surface area (Å²) in [7, 11) is 0. The predicted molar refractivity (Wildman–Crippen MR) is 98.3 cm³/mol. The molecule has 4 nitrogen and oxygen atoms in total. The summed E-state index contributed by atoms with van der Waals surface area (Å²) in [4.78, 5) is 26.1. The molecule has 2 amide bonds. The van der Waals surface area contributed by atoms with E-state index < -0.39 is 0 Å². The van der Waals surface area contributed by atoms with Gasteiger partial charge in [0.05, 0.1) is 0 Å². The molecule has 0 saturated heterocycles. The summed E-state index contributed by atoms with van der Waals surface area (Å²) >= 11 is 6.08. The van der Waals surface area contributed by atoms with Gasteiger partial charge in [0, 0.05) is 36.6 Å². The van der Waals surface area contributed by atoms with Crippen LogP contribution >= 0.6 is 11.6 Å². The molecular formula is C19H27ClN2O2. The minimum atomic E-state index is -0.0882. The fourth-order valence-corrected chi connectivity index (χ4v) is 3.46. The molecule has 1 aromatic carbocycles. The molecule has 0 unspecified atom stereocenters. The molecule has 1 fully saturated rings. The number of benzene rings is 1. The van der Waals surface area contributed by atoms with E-state index in [1.807, 2.05) is 24.0 Å². The first-order valence-electron chi connectivity index (χ1n) is 8.80. The van der Waals surface area contributed by atoms with Crippen molar-refractivity contribution in [1.29, 1.82) is 0 Å². The van der Waals surface area contributed by atoms with E-state index in [9.17, 15) is 9.59 Å². The number of rotatable bonds is 5. The van der Waals surface area contributed by atoms with E-state index in [1.54, 1.807) is 13.0 Å². The zero-order chi connectivity index (χ0) is 17.5. The number of carbonyl (C=O) groups excluding carboxylic acids is 2. The second-order valence-corrected chi connectivity index (χ2v) is 7.03. The highest BCUT2D eigenvalue weighted by atomic mass is 35.5. The van der Waals surface area contributed by atoms with E-state index in [4.69, 9.17) is 11.6 Å². The van der Waals surface area contributed by atoms with Gasteiger partial charge < -0.3 is 10.2 Å². The average molecular weight is 351 g/mol. The van der Waals surface area contributed by atoms with Gasteiger partial charge in [-0.25, -0.2) is 0 Å². The van der Waals surface area contributed by atoms with Crippen LogP contribution in [0, 0.1) is 6.92 Å². The highest BCUT2D eigenvalue weighted by Gasteiger charge is 2.22. The van der Waals surface area contributed by atoms with E-state index in [2.05, 4.69) is 5.32 Å². The van der Waals surface area contributed by atoms with Gasteiger partial charge in [-0.2, -0.15) is 0 Å². The number of anilines is 1. The molecule has 0 aromatic heterocycles. The number of nitrogens with zero attached hydrogens (tertiary/aromatic N) is 1.